The molecule has 0 bridgehead atoms. The third-order valence-corrected chi connectivity index (χ3v) is 6.26. The van der Waals surface area contributed by atoms with E-state index in [-0.39, 0.29) is 40.8 Å². The van der Waals surface area contributed by atoms with Crippen LogP contribution in [0, 0.1) is 11.7 Å². The molecule has 1 saturated heterocycles. The first-order valence-corrected chi connectivity index (χ1v) is 10.5. The van der Waals surface area contributed by atoms with Crippen LogP contribution in [0.4, 0.5) is 4.39 Å². The second kappa shape index (κ2) is 8.53. The largest absolute Gasteiger partial charge is 0.494 e. The Bertz CT molecular complexity index is 1070. The van der Waals surface area contributed by atoms with Crippen LogP contribution in [0.5, 0.6) is 5.75 Å². The molecule has 0 aliphatic carbocycles. The predicted octanol–water partition coefficient (Wildman–Crippen LogP) is 2.59. The number of carbonyl (C=O) groups excluding carboxylic acids is 2. The molecule has 1 aromatic carbocycles. The van der Waals surface area contributed by atoms with E-state index in [1.54, 1.807) is 16.0 Å². The van der Waals surface area contributed by atoms with Crippen molar-refractivity contribution in [3.63, 3.8) is 0 Å². The van der Waals surface area contributed by atoms with E-state index in [4.69, 9.17) is 4.74 Å². The molecule has 2 amide bonds. The molecule has 2 aliphatic heterocycles. The van der Waals surface area contributed by atoms with E-state index in [0.29, 0.717) is 37.5 Å². The van der Waals surface area contributed by atoms with Gasteiger partial charge >= 0.3 is 0 Å². The maximum atomic E-state index is 14.0. The minimum atomic E-state index is -0.598. The summed E-state index contributed by atoms with van der Waals surface area (Å²) in [5.74, 6) is -0.486. The summed E-state index contributed by atoms with van der Waals surface area (Å²) in [6.07, 6.45) is 3.83. The van der Waals surface area contributed by atoms with E-state index in [1.807, 2.05) is 0 Å². The van der Waals surface area contributed by atoms with E-state index in [0.717, 1.165) is 24.5 Å². The van der Waals surface area contributed by atoms with Gasteiger partial charge in [0.05, 0.1) is 7.11 Å². The summed E-state index contributed by atoms with van der Waals surface area (Å²) in [6, 6.07) is 4.11. The van der Waals surface area contributed by atoms with Crippen molar-refractivity contribution in [2.24, 2.45) is 5.92 Å². The lowest BCUT2D eigenvalue weighted by Gasteiger charge is -2.33. The van der Waals surface area contributed by atoms with Crippen molar-refractivity contribution < 1.29 is 18.7 Å². The van der Waals surface area contributed by atoms with E-state index in [1.165, 1.54) is 19.2 Å². The maximum absolute atomic E-state index is 14.0. The van der Waals surface area contributed by atoms with Crippen molar-refractivity contribution in [3.8, 4) is 5.75 Å². The smallest absolute Gasteiger partial charge is 0.261 e. The Hall–Kier alpha value is -3.16. The summed E-state index contributed by atoms with van der Waals surface area (Å²) < 4.78 is 18.9. The molecule has 1 N–H and O–H groups in total. The lowest BCUT2D eigenvalue weighted by molar-refractivity contribution is 0.0692. The number of hydrogen-bond acceptors (Lipinski definition) is 4. The normalized spacial score (nSPS) is 16.7. The van der Waals surface area contributed by atoms with Crippen LogP contribution >= 0.6 is 0 Å². The predicted molar refractivity (Wildman–Crippen MR) is 113 cm³/mol. The zero-order valence-corrected chi connectivity index (χ0v) is 17.7. The van der Waals surface area contributed by atoms with Gasteiger partial charge in [-0.25, -0.2) is 4.39 Å². The van der Waals surface area contributed by atoms with E-state index < -0.39 is 5.82 Å². The fourth-order valence-corrected chi connectivity index (χ4v) is 4.32. The number of nitrogens with one attached hydrogen (secondary N) is 1. The lowest BCUT2D eigenvalue weighted by Crippen LogP contribution is -2.43. The quantitative estimate of drug-likeness (QED) is 0.816. The molecule has 0 saturated carbocycles. The van der Waals surface area contributed by atoms with E-state index >= 15 is 0 Å². The highest BCUT2D eigenvalue weighted by Crippen LogP contribution is 2.25. The molecule has 0 spiro atoms. The van der Waals surface area contributed by atoms with Gasteiger partial charge in [-0.05, 0) is 54.5 Å². The number of rotatable bonds is 3. The molecule has 1 fully saturated rings. The fraction of sp³-hybridized carbons (Fsp3) is 0.435. The van der Waals surface area contributed by atoms with E-state index in [2.05, 4.69) is 11.9 Å². The number of pyridine rings is 1. The highest BCUT2D eigenvalue weighted by Gasteiger charge is 2.30. The van der Waals surface area contributed by atoms with Gasteiger partial charge in [0.15, 0.2) is 11.6 Å². The Kier molecular flexibility index (Phi) is 5.80. The Morgan fingerprint density at radius 1 is 1.13 bits per heavy atom. The van der Waals surface area contributed by atoms with Crippen molar-refractivity contribution in [2.75, 3.05) is 26.7 Å². The topological polar surface area (TPSA) is 82.7 Å². The molecule has 8 heteroatoms. The number of benzene rings is 1. The number of aromatic amines is 1. The van der Waals surface area contributed by atoms with E-state index in [9.17, 15) is 18.8 Å². The van der Waals surface area contributed by atoms with Gasteiger partial charge < -0.3 is 19.5 Å². The monoisotopic (exact) mass is 427 g/mol. The number of hydrogen-bond donors (Lipinski definition) is 1. The van der Waals surface area contributed by atoms with Crippen LogP contribution in [0.25, 0.3) is 0 Å². The highest BCUT2D eigenvalue weighted by atomic mass is 19.1. The fourth-order valence-electron chi connectivity index (χ4n) is 4.32. The van der Waals surface area contributed by atoms with Gasteiger partial charge in [0, 0.05) is 37.9 Å². The van der Waals surface area contributed by atoms with Crippen molar-refractivity contribution >= 4 is 11.8 Å². The summed E-state index contributed by atoms with van der Waals surface area (Å²) in [4.78, 5) is 44.6. The molecule has 4 rings (SSSR count). The maximum Gasteiger partial charge on any atom is 0.261 e. The minimum absolute atomic E-state index is 0.0772. The SMILES string of the molecule is COc1ccc(C(=O)N2CCc3c(c[nH]c(=O)c3C(=O)N3CCC(C)CC3)C2)cc1F. The van der Waals surface area contributed by atoms with Gasteiger partial charge in [-0.3, -0.25) is 14.4 Å². The van der Waals surface area contributed by atoms with Crippen molar-refractivity contribution in [3.05, 3.63) is 62.8 Å². The van der Waals surface area contributed by atoms with Gasteiger partial charge in [-0.2, -0.15) is 0 Å². The van der Waals surface area contributed by atoms with Gasteiger partial charge in [0.2, 0.25) is 0 Å². The van der Waals surface area contributed by atoms with Crippen molar-refractivity contribution in [1.82, 2.24) is 14.8 Å². The molecular formula is C23H26FN3O4. The number of aromatic nitrogens is 1. The second-order valence-electron chi connectivity index (χ2n) is 8.30. The number of halogens is 1. The Morgan fingerprint density at radius 3 is 2.55 bits per heavy atom. The van der Waals surface area contributed by atoms with Crippen LogP contribution in [-0.4, -0.2) is 53.3 Å². The number of nitrogens with zero attached hydrogens (tertiary/aromatic N) is 2. The van der Waals surface area contributed by atoms with Gasteiger partial charge in [-0.1, -0.05) is 6.92 Å². The number of likely N-dealkylation sites (tertiary alicyclic amines) is 1. The number of H-pyrrole nitrogens is 1. The minimum Gasteiger partial charge on any atom is -0.494 e. The first-order valence-electron chi connectivity index (χ1n) is 10.5. The first kappa shape index (κ1) is 21.1. The van der Waals surface area contributed by atoms with Gasteiger partial charge in [0.25, 0.3) is 17.4 Å². The number of carbonyl (C=O) groups is 2. The Balaban J connectivity index is 1.57. The Morgan fingerprint density at radius 2 is 1.87 bits per heavy atom. The zero-order chi connectivity index (χ0) is 22.1. The van der Waals surface area contributed by atoms with Crippen LogP contribution in [0.3, 0.4) is 0 Å². The summed E-state index contributed by atoms with van der Waals surface area (Å²) in [5, 5.41) is 0. The molecule has 2 aliphatic rings. The summed E-state index contributed by atoms with van der Waals surface area (Å²) in [5.41, 5.74) is 1.47. The second-order valence-corrected chi connectivity index (χ2v) is 8.30. The van der Waals surface area contributed by atoms with Crippen molar-refractivity contribution in [2.45, 2.75) is 32.7 Å². The average molecular weight is 427 g/mol. The van der Waals surface area contributed by atoms with Crippen LogP contribution in [0.1, 0.15) is 51.6 Å². The molecule has 2 aromatic rings. The molecule has 0 unspecified atom stereocenters. The van der Waals surface area contributed by atoms with Crippen LogP contribution in [0.2, 0.25) is 0 Å². The number of fused-ring (bicyclic) bond motifs is 1. The highest BCUT2D eigenvalue weighted by molar-refractivity contribution is 5.97. The average Bonchev–Trinajstić information content (AvgIpc) is 2.78. The zero-order valence-electron chi connectivity index (χ0n) is 17.7. The van der Waals surface area contributed by atoms with Crippen LogP contribution < -0.4 is 10.3 Å². The molecular weight excluding hydrogens is 401 g/mol. The summed E-state index contributed by atoms with van der Waals surface area (Å²) in [6.45, 7) is 4.06. The standard InChI is InChI=1S/C23H26FN3O4/c1-14-5-8-26(9-6-14)23(30)20-17-7-10-27(13-16(17)12-25-21(20)28)22(29)15-3-4-19(31-2)18(24)11-15/h3-4,11-12,14H,5-10,13H2,1-2H3,(H,25,28). The van der Waals surface area contributed by atoms with Gasteiger partial charge in [-0.15, -0.1) is 0 Å². The molecule has 0 radical (unpaired) electrons. The van der Waals surface area contributed by atoms with Crippen LogP contribution in [-0.2, 0) is 13.0 Å². The van der Waals surface area contributed by atoms with Crippen molar-refractivity contribution in [1.29, 1.82) is 0 Å². The number of ether oxygens (including phenoxy) is 1. The molecule has 1 aromatic heterocycles. The first-order chi connectivity index (χ1) is 14.9. The third-order valence-electron chi connectivity index (χ3n) is 6.26. The number of piperidine rings is 1. The van der Waals surface area contributed by atoms with Gasteiger partial charge in [0.1, 0.15) is 5.56 Å². The number of amides is 2. The molecule has 3 heterocycles. The Labute approximate surface area is 179 Å². The number of methoxy groups -OCH3 is 1. The summed E-state index contributed by atoms with van der Waals surface area (Å²) >= 11 is 0. The molecule has 164 valence electrons. The third kappa shape index (κ3) is 4.06. The summed E-state index contributed by atoms with van der Waals surface area (Å²) in [7, 11) is 1.37. The lowest BCUT2D eigenvalue weighted by atomic mass is 9.94. The molecule has 7 nitrogen and oxygen atoms in total. The van der Waals surface area contributed by atoms with Crippen LogP contribution in [0.15, 0.2) is 29.2 Å². The molecule has 0 atom stereocenters. The molecule has 31 heavy (non-hydrogen) atoms.